The number of benzene rings is 9. The lowest BCUT2D eigenvalue weighted by molar-refractivity contribution is -0.385. The summed E-state index contributed by atoms with van der Waals surface area (Å²) in [6.07, 6.45) is 0.753. The Labute approximate surface area is 634 Å². The van der Waals surface area contributed by atoms with Crippen molar-refractivity contribution in [3.8, 4) is 29.3 Å². The van der Waals surface area contributed by atoms with E-state index in [-0.39, 0.29) is 53.0 Å². The molecule has 0 spiro atoms. The number of anilines is 4. The molecule has 0 aliphatic heterocycles. The quantitative estimate of drug-likeness (QED) is 0.0128. The molecule has 1 aliphatic carbocycles. The standard InChI is InChI=1S/C22H16N3O4P.C20H18N4O6.C19H18N4O5.C17H14N2O4/c1-16(26)29-24-22(15-23)17-7-11-20(12-8-17)30(19-5-3-2-4-6-19)21-13-9-18(10-14-21)25(27)28;1-3-29-20(26)13-23(17-8-10-18(11-9-17)24(27)28)16-6-4-15(5-7-16)19(12-21)22-30-14(2)25;1-14(24)28-21-19(13-20)15-3-5-16(6-4-15)22(11-12-27-2)17-7-9-18(10-8-17)23(25)26;1-10(18-23-11(2)20)12-3-4-13-7-14-5-6-15(19(21)22)9-17(14)16(13)8-12/h2-14H,1H3;4-11H,3,13H2,1-2H3;3-10H,11-12H2,1-2H3;3-6,8-9H,7H2,1-2H3/b24-22+;22-19+;21-19+;18-10+. The fourth-order valence-corrected chi connectivity index (χ4v) is 12.6. The first-order valence-corrected chi connectivity index (χ1v) is 34.3. The molecule has 1 atom stereocenters. The molecule has 10 rings (SSSR count). The summed E-state index contributed by atoms with van der Waals surface area (Å²) in [5.74, 6) is -2.84. The van der Waals surface area contributed by atoms with Crippen LogP contribution in [0.15, 0.2) is 233 Å². The van der Waals surface area contributed by atoms with E-state index in [4.69, 9.17) is 9.47 Å². The lowest BCUT2D eigenvalue weighted by Gasteiger charge is -2.24. The molecule has 0 radical (unpaired) electrons. The van der Waals surface area contributed by atoms with Gasteiger partial charge < -0.3 is 38.6 Å². The average molecular weight is 1520 g/mol. The molecule has 1 aliphatic rings. The SMILES string of the molecule is CC(=O)O/N=C(\C#N)c1ccc(P(c2ccccc2)c2ccc([N+](=O)[O-])cc2)cc1.CC(=O)O/N=C(\C)c1ccc2c(c1)-c1cc([N+](=O)[O-])ccc1C2.CCOC(=O)CN(c1ccc(/C(C#N)=N/OC(C)=O)cc1)c1ccc([N+](=O)[O-])cc1.COCCN(c1ccc(/C(C#N)=N/OC(C)=O)cc1)c1ccc([N+](=O)[O-])cc1. The van der Waals surface area contributed by atoms with E-state index >= 15 is 0 Å². The predicted molar refractivity (Wildman–Crippen MR) is 410 cm³/mol. The van der Waals surface area contributed by atoms with Crippen LogP contribution >= 0.6 is 7.92 Å². The molecular weight excluding hydrogens is 1450 g/mol. The van der Waals surface area contributed by atoms with Crippen molar-refractivity contribution in [1.29, 1.82) is 15.8 Å². The molecule has 32 nitrogen and oxygen atoms in total. The van der Waals surface area contributed by atoms with Gasteiger partial charge in [0.25, 0.3) is 22.7 Å². The van der Waals surface area contributed by atoms with Crippen molar-refractivity contribution in [3.63, 3.8) is 0 Å². The lowest BCUT2D eigenvalue weighted by atomic mass is 10.0. The van der Waals surface area contributed by atoms with Gasteiger partial charge in [-0.3, -0.25) is 45.3 Å². The third-order valence-corrected chi connectivity index (χ3v) is 17.9. The number of fused-ring (bicyclic) bond motifs is 3. The number of carbonyl (C=O) groups is 5. The fourth-order valence-electron chi connectivity index (χ4n) is 10.3. The Hall–Kier alpha value is -14.9. The Morgan fingerprint density at radius 3 is 1.15 bits per heavy atom. The minimum Gasteiger partial charge on any atom is -0.465 e. The topological polar surface area (TPSA) is 441 Å². The second-order valence-electron chi connectivity index (χ2n) is 23.0. The van der Waals surface area contributed by atoms with Gasteiger partial charge in [0, 0.05) is 129 Å². The maximum Gasteiger partial charge on any atom is 0.332 e. The van der Waals surface area contributed by atoms with E-state index in [1.807, 2.05) is 83.8 Å². The van der Waals surface area contributed by atoms with Crippen LogP contribution in [0.4, 0.5) is 45.5 Å². The van der Waals surface area contributed by atoms with Gasteiger partial charge in [-0.15, -0.1) is 0 Å². The minimum atomic E-state index is -0.962. The molecule has 0 fully saturated rings. The molecule has 0 N–H and O–H groups in total. The van der Waals surface area contributed by atoms with Crippen molar-refractivity contribution in [3.05, 3.63) is 286 Å². The average Bonchev–Trinajstić information content (AvgIpc) is 1.67. The number of non-ortho nitro benzene ring substituents is 4. The zero-order chi connectivity index (χ0) is 80.7. The molecule has 0 saturated heterocycles. The van der Waals surface area contributed by atoms with Crippen LogP contribution < -0.4 is 25.7 Å². The molecule has 9 aromatic carbocycles. The number of carbonyl (C=O) groups excluding carboxylic acids is 5. The Kier molecular flexibility index (Phi) is 30.9. The Bertz CT molecular complexity index is 5160. The normalized spacial score (nSPS) is 11.4. The number of nitrogens with zero attached hydrogens (tertiary/aromatic N) is 13. The molecule has 0 aromatic heterocycles. The molecule has 111 heavy (non-hydrogen) atoms. The summed E-state index contributed by atoms with van der Waals surface area (Å²) >= 11 is 0. The fraction of sp³-hybridized carbons (Fsp3) is 0.154. The van der Waals surface area contributed by atoms with Gasteiger partial charge in [-0.1, -0.05) is 93.4 Å². The second-order valence-corrected chi connectivity index (χ2v) is 25.2. The van der Waals surface area contributed by atoms with E-state index in [1.165, 1.54) is 82.3 Å². The van der Waals surface area contributed by atoms with Crippen molar-refractivity contribution in [1.82, 2.24) is 0 Å². The number of nitro groups is 4. The summed E-state index contributed by atoms with van der Waals surface area (Å²) in [4.78, 5) is 119. The van der Waals surface area contributed by atoms with Gasteiger partial charge in [-0.05, 0) is 163 Å². The molecule has 0 bridgehead atoms. The van der Waals surface area contributed by atoms with Gasteiger partial charge in [0.2, 0.25) is 0 Å². The number of rotatable bonds is 25. The number of methoxy groups -OCH3 is 1. The molecule has 33 heteroatoms. The number of esters is 1. The van der Waals surface area contributed by atoms with E-state index in [9.17, 15) is 80.2 Å². The Morgan fingerprint density at radius 1 is 0.432 bits per heavy atom. The van der Waals surface area contributed by atoms with Crippen LogP contribution in [0.2, 0.25) is 0 Å². The van der Waals surface area contributed by atoms with Crippen LogP contribution in [0.3, 0.4) is 0 Å². The zero-order valence-corrected chi connectivity index (χ0v) is 61.2. The molecule has 9 aromatic rings. The number of nitriles is 3. The van der Waals surface area contributed by atoms with Gasteiger partial charge >= 0.3 is 29.8 Å². The van der Waals surface area contributed by atoms with Crippen molar-refractivity contribution >= 4 is 122 Å². The van der Waals surface area contributed by atoms with E-state index in [1.54, 1.807) is 123 Å². The van der Waals surface area contributed by atoms with Crippen LogP contribution in [-0.4, -0.2) is 106 Å². The van der Waals surface area contributed by atoms with Crippen LogP contribution in [-0.2, 0) is 59.2 Å². The first-order valence-electron chi connectivity index (χ1n) is 33.0. The van der Waals surface area contributed by atoms with Crippen molar-refractivity contribution in [2.75, 3.05) is 43.2 Å². The number of oxime groups is 4. The Balaban J connectivity index is 0.000000206. The van der Waals surface area contributed by atoms with Crippen LogP contribution in [0.25, 0.3) is 11.1 Å². The number of hydrogen-bond acceptors (Lipinski definition) is 28. The third-order valence-electron chi connectivity index (χ3n) is 15.4. The van der Waals surface area contributed by atoms with Crippen LogP contribution in [0.5, 0.6) is 0 Å². The number of nitro benzene ring substituents is 4. The molecule has 0 amide bonds. The maximum atomic E-state index is 12.1. The van der Waals surface area contributed by atoms with E-state index in [0.717, 1.165) is 61.5 Å². The van der Waals surface area contributed by atoms with Crippen LogP contribution in [0.1, 0.15) is 74.9 Å². The number of ether oxygens (including phenoxy) is 2. The largest absolute Gasteiger partial charge is 0.465 e. The van der Waals surface area contributed by atoms with Crippen molar-refractivity contribution in [2.24, 2.45) is 20.6 Å². The summed E-state index contributed by atoms with van der Waals surface area (Å²) in [6.45, 7) is 9.33. The van der Waals surface area contributed by atoms with Gasteiger partial charge in [-0.25, -0.2) is 19.2 Å². The van der Waals surface area contributed by atoms with E-state index < -0.39 is 57.5 Å². The lowest BCUT2D eigenvalue weighted by Crippen LogP contribution is -2.26. The second kappa shape index (κ2) is 41.1. The van der Waals surface area contributed by atoms with Gasteiger partial charge in [0.1, 0.15) is 24.8 Å². The van der Waals surface area contributed by atoms with Gasteiger partial charge in [0.05, 0.1) is 38.6 Å². The smallest absolute Gasteiger partial charge is 0.332 e. The zero-order valence-electron chi connectivity index (χ0n) is 60.3. The summed E-state index contributed by atoms with van der Waals surface area (Å²) in [5, 5.41) is 88.8. The molecule has 1 unspecified atom stereocenters. The summed E-state index contributed by atoms with van der Waals surface area (Å²) in [7, 11) is 0.623. The highest BCUT2D eigenvalue weighted by Crippen LogP contribution is 2.40. The maximum absolute atomic E-state index is 12.1. The first kappa shape index (κ1) is 83.3. The Morgan fingerprint density at radius 2 is 0.766 bits per heavy atom. The summed E-state index contributed by atoms with van der Waals surface area (Å²) in [6, 6.07) is 65.2. The van der Waals surface area contributed by atoms with Gasteiger partial charge in [-0.2, -0.15) is 15.8 Å². The monoisotopic (exact) mass is 1520 g/mol. The van der Waals surface area contributed by atoms with Crippen molar-refractivity contribution in [2.45, 2.75) is 48.0 Å². The van der Waals surface area contributed by atoms with Gasteiger partial charge in [0.15, 0.2) is 17.1 Å². The molecule has 0 saturated carbocycles. The first-order chi connectivity index (χ1) is 53.2. The minimum absolute atomic E-state index is 0.00359. The molecule has 0 heterocycles. The summed E-state index contributed by atoms with van der Waals surface area (Å²) < 4.78 is 10.2. The van der Waals surface area contributed by atoms with E-state index in [2.05, 4.69) is 40.0 Å². The predicted octanol–water partition coefficient (Wildman–Crippen LogP) is 12.9. The molecule has 562 valence electrons. The van der Waals surface area contributed by atoms with E-state index in [0.29, 0.717) is 46.9 Å². The summed E-state index contributed by atoms with van der Waals surface area (Å²) in [5.41, 5.74) is 9.38. The highest BCUT2D eigenvalue weighted by atomic mass is 31.1. The highest BCUT2D eigenvalue weighted by molar-refractivity contribution is 7.79. The number of hydrogen-bond donors (Lipinski definition) is 0. The highest BCUT2D eigenvalue weighted by Gasteiger charge is 2.24. The molecular formula is C78H66N13O19P. The van der Waals surface area contributed by atoms with Crippen LogP contribution in [0, 0.1) is 74.5 Å². The van der Waals surface area contributed by atoms with Crippen molar-refractivity contribution < 1.29 is 72.5 Å². The third kappa shape index (κ3) is 24.3.